The molecule has 0 radical (unpaired) electrons. The van der Waals surface area contributed by atoms with Gasteiger partial charge >= 0.3 is 0 Å². The van der Waals surface area contributed by atoms with Gasteiger partial charge in [-0.05, 0) is 38.0 Å². The highest BCUT2D eigenvalue weighted by Crippen LogP contribution is 2.42. The first-order chi connectivity index (χ1) is 7.54. The normalized spacial score (nSPS) is 23.8. The number of nitrogens with zero attached hydrogens (tertiary/aromatic N) is 2. The molecular formula is C13H16N2S. The van der Waals surface area contributed by atoms with E-state index in [1.165, 1.54) is 21.7 Å². The highest BCUT2D eigenvalue weighted by molar-refractivity contribution is 8.00. The van der Waals surface area contributed by atoms with Crippen LogP contribution in [-0.2, 0) is 0 Å². The molecule has 0 spiro atoms. The van der Waals surface area contributed by atoms with Gasteiger partial charge in [0.15, 0.2) is 0 Å². The molecular weight excluding hydrogens is 216 g/mol. The van der Waals surface area contributed by atoms with Crippen molar-refractivity contribution in [2.45, 2.75) is 37.0 Å². The van der Waals surface area contributed by atoms with E-state index in [9.17, 15) is 0 Å². The Morgan fingerprint density at radius 3 is 2.69 bits per heavy atom. The molecule has 0 fully saturated rings. The average molecular weight is 232 g/mol. The Bertz CT molecular complexity index is 462. The van der Waals surface area contributed by atoms with Crippen LogP contribution < -0.4 is 4.90 Å². The van der Waals surface area contributed by atoms with Gasteiger partial charge in [-0.25, -0.2) is 0 Å². The molecule has 1 aliphatic rings. The van der Waals surface area contributed by atoms with Gasteiger partial charge in [0.2, 0.25) is 0 Å². The molecule has 0 bridgehead atoms. The molecule has 1 aromatic carbocycles. The van der Waals surface area contributed by atoms with Gasteiger partial charge in [0, 0.05) is 11.9 Å². The van der Waals surface area contributed by atoms with Gasteiger partial charge in [0.05, 0.1) is 17.8 Å². The van der Waals surface area contributed by atoms with Crippen LogP contribution in [0.4, 0.5) is 5.69 Å². The summed E-state index contributed by atoms with van der Waals surface area (Å²) in [5, 5.41) is 9.17. The first-order valence-electron chi connectivity index (χ1n) is 5.45. The standard InChI is InChI=1S/C13H16N2S/c1-8-5-9(2)13-11(6-8)16-12(7-14)10(3)15(13)4/h5-6,10,12H,1-4H3. The number of hydrogen-bond acceptors (Lipinski definition) is 3. The highest BCUT2D eigenvalue weighted by atomic mass is 32.2. The van der Waals surface area contributed by atoms with Gasteiger partial charge in [-0.1, -0.05) is 6.07 Å². The van der Waals surface area contributed by atoms with Crippen molar-refractivity contribution in [3.8, 4) is 6.07 Å². The summed E-state index contributed by atoms with van der Waals surface area (Å²) < 4.78 is 0. The smallest absolute Gasteiger partial charge is 0.116 e. The Balaban J connectivity index is 2.55. The molecule has 0 saturated heterocycles. The van der Waals surface area contributed by atoms with E-state index in [2.05, 4.69) is 50.9 Å². The summed E-state index contributed by atoms with van der Waals surface area (Å²) in [6, 6.07) is 7.04. The Morgan fingerprint density at radius 2 is 2.06 bits per heavy atom. The van der Waals surface area contributed by atoms with E-state index in [0.29, 0.717) is 0 Å². The van der Waals surface area contributed by atoms with E-state index in [1.807, 2.05) is 0 Å². The number of benzene rings is 1. The predicted molar refractivity (Wildman–Crippen MR) is 69.0 cm³/mol. The second-order valence-electron chi connectivity index (χ2n) is 4.45. The second kappa shape index (κ2) is 4.03. The minimum Gasteiger partial charge on any atom is -0.369 e. The number of fused-ring (bicyclic) bond motifs is 1. The predicted octanol–water partition coefficient (Wildman–Crippen LogP) is 3.13. The number of aryl methyl sites for hydroxylation is 2. The van der Waals surface area contributed by atoms with Crippen LogP contribution in [0, 0.1) is 25.2 Å². The fourth-order valence-electron chi connectivity index (χ4n) is 2.24. The largest absolute Gasteiger partial charge is 0.369 e. The summed E-state index contributed by atoms with van der Waals surface area (Å²) in [4.78, 5) is 3.47. The topological polar surface area (TPSA) is 27.0 Å². The van der Waals surface area contributed by atoms with Crippen molar-refractivity contribution in [2.75, 3.05) is 11.9 Å². The molecule has 1 aliphatic heterocycles. The molecule has 3 heteroatoms. The van der Waals surface area contributed by atoms with Crippen molar-refractivity contribution in [1.82, 2.24) is 0 Å². The third-order valence-corrected chi connectivity index (χ3v) is 4.51. The Labute approximate surface area is 101 Å². The first-order valence-corrected chi connectivity index (χ1v) is 6.33. The third-order valence-electron chi connectivity index (χ3n) is 3.19. The summed E-state index contributed by atoms with van der Waals surface area (Å²) in [6.45, 7) is 6.36. The molecule has 2 rings (SSSR count). The average Bonchev–Trinajstić information content (AvgIpc) is 2.22. The van der Waals surface area contributed by atoms with Crippen LogP contribution in [0.1, 0.15) is 18.1 Å². The molecule has 2 unspecified atom stereocenters. The van der Waals surface area contributed by atoms with Gasteiger partial charge in [-0.2, -0.15) is 5.26 Å². The molecule has 1 aromatic rings. The fraction of sp³-hybridized carbons (Fsp3) is 0.462. The summed E-state index contributed by atoms with van der Waals surface area (Å²) in [5.74, 6) is 0. The van der Waals surface area contributed by atoms with E-state index in [1.54, 1.807) is 11.8 Å². The first kappa shape index (κ1) is 11.3. The van der Waals surface area contributed by atoms with Crippen LogP contribution >= 0.6 is 11.8 Å². The lowest BCUT2D eigenvalue weighted by Crippen LogP contribution is -2.40. The van der Waals surface area contributed by atoms with Crippen LogP contribution in [0.15, 0.2) is 17.0 Å². The van der Waals surface area contributed by atoms with E-state index in [-0.39, 0.29) is 11.3 Å². The maximum atomic E-state index is 9.15. The van der Waals surface area contributed by atoms with Crippen LogP contribution in [0.5, 0.6) is 0 Å². The zero-order valence-electron chi connectivity index (χ0n) is 10.1. The van der Waals surface area contributed by atoms with Gasteiger partial charge < -0.3 is 4.90 Å². The molecule has 16 heavy (non-hydrogen) atoms. The van der Waals surface area contributed by atoms with Crippen LogP contribution in [0.2, 0.25) is 0 Å². The lowest BCUT2D eigenvalue weighted by Gasteiger charge is -2.37. The maximum absolute atomic E-state index is 9.15. The molecule has 0 saturated carbocycles. The number of thioether (sulfide) groups is 1. The molecule has 0 N–H and O–H groups in total. The lowest BCUT2D eigenvalue weighted by molar-refractivity contribution is 0.695. The summed E-state index contributed by atoms with van der Waals surface area (Å²) in [5.41, 5.74) is 3.85. The van der Waals surface area contributed by atoms with Gasteiger partial charge in [0.1, 0.15) is 5.25 Å². The molecule has 2 atom stereocenters. The number of nitriles is 1. The maximum Gasteiger partial charge on any atom is 0.116 e. The van der Waals surface area contributed by atoms with Crippen LogP contribution in [0.3, 0.4) is 0 Å². The number of anilines is 1. The van der Waals surface area contributed by atoms with Gasteiger partial charge in [-0.15, -0.1) is 11.8 Å². The molecule has 1 heterocycles. The van der Waals surface area contributed by atoms with Crippen molar-refractivity contribution < 1.29 is 0 Å². The number of rotatable bonds is 0. The van der Waals surface area contributed by atoms with Crippen molar-refractivity contribution in [3.63, 3.8) is 0 Å². The zero-order chi connectivity index (χ0) is 11.9. The molecule has 2 nitrogen and oxygen atoms in total. The minimum absolute atomic E-state index is 0.0266. The molecule has 0 aliphatic carbocycles. The van der Waals surface area contributed by atoms with Crippen molar-refractivity contribution in [3.05, 3.63) is 23.3 Å². The van der Waals surface area contributed by atoms with E-state index >= 15 is 0 Å². The van der Waals surface area contributed by atoms with Crippen LogP contribution in [-0.4, -0.2) is 18.3 Å². The van der Waals surface area contributed by atoms with E-state index < -0.39 is 0 Å². The zero-order valence-corrected chi connectivity index (χ0v) is 10.9. The Morgan fingerprint density at radius 1 is 1.38 bits per heavy atom. The van der Waals surface area contributed by atoms with Crippen molar-refractivity contribution >= 4 is 17.4 Å². The van der Waals surface area contributed by atoms with Gasteiger partial charge in [-0.3, -0.25) is 0 Å². The van der Waals surface area contributed by atoms with E-state index in [0.717, 1.165) is 0 Å². The van der Waals surface area contributed by atoms with Crippen molar-refractivity contribution in [1.29, 1.82) is 5.26 Å². The fourth-order valence-corrected chi connectivity index (χ4v) is 3.62. The Hall–Kier alpha value is -1.14. The third kappa shape index (κ3) is 1.68. The monoisotopic (exact) mass is 232 g/mol. The number of hydrogen-bond donors (Lipinski definition) is 0. The Kier molecular flexibility index (Phi) is 2.86. The summed E-state index contributed by atoms with van der Waals surface area (Å²) >= 11 is 1.69. The summed E-state index contributed by atoms with van der Waals surface area (Å²) in [6.07, 6.45) is 0. The molecule has 0 amide bonds. The SMILES string of the molecule is Cc1cc(C)c2c(c1)SC(C#N)C(C)N2C. The second-order valence-corrected chi connectivity index (χ2v) is 5.63. The van der Waals surface area contributed by atoms with Crippen LogP contribution in [0.25, 0.3) is 0 Å². The summed E-state index contributed by atoms with van der Waals surface area (Å²) in [7, 11) is 2.08. The van der Waals surface area contributed by atoms with Crippen molar-refractivity contribution in [2.24, 2.45) is 0 Å². The highest BCUT2D eigenvalue weighted by Gasteiger charge is 2.30. The minimum atomic E-state index is 0.0266. The quantitative estimate of drug-likeness (QED) is 0.687. The molecule has 84 valence electrons. The van der Waals surface area contributed by atoms with Gasteiger partial charge in [0.25, 0.3) is 0 Å². The van der Waals surface area contributed by atoms with E-state index in [4.69, 9.17) is 5.26 Å². The molecule has 0 aromatic heterocycles. The lowest BCUT2D eigenvalue weighted by atomic mass is 10.1.